The molecule has 31 heavy (non-hydrogen) atoms. The standard InChI is InChI=1S/C27H24ClNO2/c1-3-31-27(30)26-19(2)29(23-16-10-15-22(28)17-23)25(21-13-8-5-9-14-21)18-24(26)20-11-6-4-7-12-20/h4-18,25H,3H2,1-2H3. The summed E-state index contributed by atoms with van der Waals surface area (Å²) in [6.45, 7) is 4.11. The Balaban J connectivity index is 1.96. The Morgan fingerprint density at radius 2 is 1.65 bits per heavy atom. The van der Waals surface area contributed by atoms with E-state index in [4.69, 9.17) is 16.3 Å². The van der Waals surface area contributed by atoms with Gasteiger partial charge in [-0.2, -0.15) is 0 Å². The second-order valence-electron chi connectivity index (χ2n) is 7.33. The molecule has 0 aromatic heterocycles. The van der Waals surface area contributed by atoms with Crippen LogP contribution in [0.4, 0.5) is 5.69 Å². The van der Waals surface area contributed by atoms with Gasteiger partial charge in [-0.15, -0.1) is 0 Å². The third-order valence-electron chi connectivity index (χ3n) is 5.39. The first-order valence-electron chi connectivity index (χ1n) is 10.4. The van der Waals surface area contributed by atoms with Crippen molar-refractivity contribution in [1.82, 2.24) is 0 Å². The molecule has 0 N–H and O–H groups in total. The molecular formula is C27H24ClNO2. The summed E-state index contributed by atoms with van der Waals surface area (Å²) >= 11 is 6.33. The molecule has 0 bridgehead atoms. The predicted octanol–water partition coefficient (Wildman–Crippen LogP) is 6.82. The van der Waals surface area contributed by atoms with Crippen molar-refractivity contribution in [3.8, 4) is 0 Å². The molecule has 1 aliphatic heterocycles. The maximum absolute atomic E-state index is 13.1. The van der Waals surface area contributed by atoms with E-state index in [1.165, 1.54) is 0 Å². The quantitative estimate of drug-likeness (QED) is 0.416. The molecule has 0 aliphatic carbocycles. The number of hydrogen-bond donors (Lipinski definition) is 0. The minimum absolute atomic E-state index is 0.104. The lowest BCUT2D eigenvalue weighted by Crippen LogP contribution is -2.32. The number of allylic oxidation sites excluding steroid dienone is 1. The largest absolute Gasteiger partial charge is 0.462 e. The average Bonchev–Trinajstić information content (AvgIpc) is 2.79. The maximum Gasteiger partial charge on any atom is 0.340 e. The molecule has 0 fully saturated rings. The molecule has 3 aromatic rings. The molecule has 1 aliphatic rings. The molecule has 0 radical (unpaired) electrons. The van der Waals surface area contributed by atoms with Gasteiger partial charge < -0.3 is 9.64 Å². The highest BCUT2D eigenvalue weighted by Gasteiger charge is 2.33. The smallest absolute Gasteiger partial charge is 0.340 e. The molecule has 1 atom stereocenters. The number of esters is 1. The number of nitrogens with zero attached hydrogens (tertiary/aromatic N) is 1. The van der Waals surface area contributed by atoms with Crippen molar-refractivity contribution in [3.05, 3.63) is 118 Å². The van der Waals surface area contributed by atoms with Gasteiger partial charge in [-0.1, -0.05) is 78.3 Å². The van der Waals surface area contributed by atoms with E-state index in [0.29, 0.717) is 17.2 Å². The second kappa shape index (κ2) is 9.23. The van der Waals surface area contributed by atoms with Crippen LogP contribution in [-0.2, 0) is 9.53 Å². The fraction of sp³-hybridized carbons (Fsp3) is 0.148. The Hall–Kier alpha value is -3.30. The second-order valence-corrected chi connectivity index (χ2v) is 7.77. The first-order chi connectivity index (χ1) is 15.1. The minimum atomic E-state index is -0.325. The average molecular weight is 430 g/mol. The summed E-state index contributed by atoms with van der Waals surface area (Å²) in [4.78, 5) is 15.3. The lowest BCUT2D eigenvalue weighted by atomic mass is 9.87. The molecule has 4 heteroatoms. The summed E-state index contributed by atoms with van der Waals surface area (Å²) in [5, 5.41) is 0.646. The molecule has 0 spiro atoms. The molecule has 1 unspecified atom stereocenters. The van der Waals surface area contributed by atoms with Gasteiger partial charge in [0, 0.05) is 16.4 Å². The SMILES string of the molecule is CCOC(=O)C1=C(C)N(c2cccc(Cl)c2)C(c2ccccc2)C=C1c1ccccc1. The molecular weight excluding hydrogens is 406 g/mol. The Morgan fingerprint density at radius 1 is 0.968 bits per heavy atom. The van der Waals surface area contributed by atoms with Crippen LogP contribution in [0.5, 0.6) is 0 Å². The number of carbonyl (C=O) groups is 1. The van der Waals surface area contributed by atoms with Gasteiger partial charge in [-0.3, -0.25) is 0 Å². The maximum atomic E-state index is 13.1. The van der Waals surface area contributed by atoms with Crippen LogP contribution in [0.15, 0.2) is 102 Å². The number of benzene rings is 3. The number of carbonyl (C=O) groups excluding carboxylic acids is 1. The first kappa shape index (κ1) is 21.0. The Labute approximate surface area is 188 Å². The van der Waals surface area contributed by atoms with Crippen LogP contribution in [-0.4, -0.2) is 12.6 Å². The van der Waals surface area contributed by atoms with E-state index in [1.807, 2.05) is 86.6 Å². The highest BCUT2D eigenvalue weighted by Crippen LogP contribution is 2.43. The lowest BCUT2D eigenvalue weighted by Gasteiger charge is -2.38. The zero-order valence-electron chi connectivity index (χ0n) is 17.6. The number of halogens is 1. The van der Waals surface area contributed by atoms with Gasteiger partial charge in [-0.25, -0.2) is 4.79 Å². The van der Waals surface area contributed by atoms with Crippen LogP contribution in [0.2, 0.25) is 5.02 Å². The van der Waals surface area contributed by atoms with Gasteiger partial charge in [-0.05, 0) is 54.8 Å². The molecule has 4 rings (SSSR count). The number of hydrogen-bond acceptors (Lipinski definition) is 3. The van der Waals surface area contributed by atoms with E-state index in [2.05, 4.69) is 23.1 Å². The number of rotatable bonds is 5. The summed E-state index contributed by atoms with van der Waals surface area (Å²) in [5.74, 6) is -0.325. The predicted molar refractivity (Wildman–Crippen MR) is 127 cm³/mol. The van der Waals surface area contributed by atoms with Gasteiger partial charge in [0.15, 0.2) is 0 Å². The summed E-state index contributed by atoms with van der Waals surface area (Å²) in [6.07, 6.45) is 2.14. The molecule has 3 aromatic carbocycles. The van der Waals surface area contributed by atoms with Crippen LogP contribution in [0.25, 0.3) is 5.57 Å². The molecule has 0 saturated carbocycles. The molecule has 3 nitrogen and oxygen atoms in total. The van der Waals surface area contributed by atoms with E-state index in [9.17, 15) is 4.79 Å². The fourth-order valence-electron chi connectivity index (χ4n) is 4.03. The van der Waals surface area contributed by atoms with E-state index >= 15 is 0 Å². The summed E-state index contributed by atoms with van der Waals surface area (Å²) in [7, 11) is 0. The monoisotopic (exact) mass is 429 g/mol. The third-order valence-corrected chi connectivity index (χ3v) is 5.62. The molecule has 0 saturated heterocycles. The molecule has 0 amide bonds. The first-order valence-corrected chi connectivity index (χ1v) is 10.7. The van der Waals surface area contributed by atoms with Crippen molar-refractivity contribution < 1.29 is 9.53 Å². The van der Waals surface area contributed by atoms with Crippen LogP contribution in [0.1, 0.15) is 31.0 Å². The normalized spacial score (nSPS) is 16.2. The van der Waals surface area contributed by atoms with E-state index < -0.39 is 0 Å². The Morgan fingerprint density at radius 3 is 2.29 bits per heavy atom. The van der Waals surface area contributed by atoms with Gasteiger partial charge >= 0.3 is 5.97 Å². The van der Waals surface area contributed by atoms with Crippen molar-refractivity contribution in [3.63, 3.8) is 0 Å². The van der Waals surface area contributed by atoms with Crippen LogP contribution in [0.3, 0.4) is 0 Å². The van der Waals surface area contributed by atoms with Crippen molar-refractivity contribution in [2.75, 3.05) is 11.5 Å². The van der Waals surface area contributed by atoms with E-state index in [0.717, 1.165) is 28.1 Å². The van der Waals surface area contributed by atoms with Crippen molar-refractivity contribution in [1.29, 1.82) is 0 Å². The van der Waals surface area contributed by atoms with E-state index in [1.54, 1.807) is 0 Å². The summed E-state index contributed by atoms with van der Waals surface area (Å²) in [5.41, 5.74) is 5.30. The zero-order chi connectivity index (χ0) is 21.8. The highest BCUT2D eigenvalue weighted by molar-refractivity contribution is 6.30. The minimum Gasteiger partial charge on any atom is -0.462 e. The highest BCUT2D eigenvalue weighted by atomic mass is 35.5. The van der Waals surface area contributed by atoms with Gasteiger partial charge in [0.05, 0.1) is 18.2 Å². The van der Waals surface area contributed by atoms with Crippen LogP contribution in [0, 0.1) is 0 Å². The number of ether oxygens (including phenoxy) is 1. The van der Waals surface area contributed by atoms with Crippen LogP contribution < -0.4 is 4.90 Å². The van der Waals surface area contributed by atoms with Crippen LogP contribution >= 0.6 is 11.6 Å². The fourth-order valence-corrected chi connectivity index (χ4v) is 4.22. The van der Waals surface area contributed by atoms with Crippen molar-refractivity contribution in [2.24, 2.45) is 0 Å². The number of anilines is 1. The Bertz CT molecular complexity index is 1140. The molecule has 1 heterocycles. The topological polar surface area (TPSA) is 29.5 Å². The Kier molecular flexibility index (Phi) is 6.24. The molecule has 156 valence electrons. The van der Waals surface area contributed by atoms with Gasteiger partial charge in [0.1, 0.15) is 0 Å². The summed E-state index contributed by atoms with van der Waals surface area (Å²) < 4.78 is 5.46. The summed E-state index contributed by atoms with van der Waals surface area (Å²) in [6, 6.07) is 27.8. The van der Waals surface area contributed by atoms with Crippen molar-refractivity contribution >= 4 is 28.8 Å². The van der Waals surface area contributed by atoms with Gasteiger partial charge in [0.2, 0.25) is 0 Å². The van der Waals surface area contributed by atoms with E-state index in [-0.39, 0.29) is 12.0 Å². The zero-order valence-corrected chi connectivity index (χ0v) is 18.3. The lowest BCUT2D eigenvalue weighted by molar-refractivity contribution is -0.138. The van der Waals surface area contributed by atoms with Gasteiger partial charge in [0.25, 0.3) is 0 Å². The van der Waals surface area contributed by atoms with Crippen molar-refractivity contribution in [2.45, 2.75) is 19.9 Å². The third kappa shape index (κ3) is 4.28.